The highest BCUT2D eigenvalue weighted by atomic mass is 16.7. The van der Waals surface area contributed by atoms with Gasteiger partial charge in [0.15, 0.2) is 58.6 Å². The molecule has 0 spiro atoms. The first-order chi connectivity index (χ1) is 27.0. The zero-order valence-corrected chi connectivity index (χ0v) is 29.0. The number of fused-ring (bicyclic) bond motifs is 6. The SMILES string of the molecule is O[C@H]1O[C@@H](c2ccc3c(c2)OCO3)[C@@]2(O[C@]34CO[C@@H](c5ccc6c(c5)OCO6)[C@@H]3[C@@H](O)O[C@H]4c3ccc4c(c3)OCO4)CO[C@H](c3ccc4c(c3)OCO4)[C@@H]12. The van der Waals surface area contributed by atoms with Gasteiger partial charge in [0.05, 0.1) is 37.3 Å². The quantitative estimate of drug-likeness (QED) is 0.286. The molecule has 8 aliphatic heterocycles. The Balaban J connectivity index is 1.01. The largest absolute Gasteiger partial charge is 0.454 e. The second kappa shape index (κ2) is 11.8. The van der Waals surface area contributed by atoms with Crippen molar-refractivity contribution in [2.24, 2.45) is 11.8 Å². The van der Waals surface area contributed by atoms with E-state index in [1.54, 1.807) is 0 Å². The third-order valence-corrected chi connectivity index (χ3v) is 12.0. The molecule has 0 aliphatic carbocycles. The zero-order chi connectivity index (χ0) is 36.5. The van der Waals surface area contributed by atoms with Crippen LogP contribution in [0.2, 0.25) is 0 Å². The van der Waals surface area contributed by atoms with Crippen molar-refractivity contribution in [3.05, 3.63) is 95.1 Å². The molecule has 4 aromatic rings. The van der Waals surface area contributed by atoms with Gasteiger partial charge < -0.3 is 71.8 Å². The summed E-state index contributed by atoms with van der Waals surface area (Å²) in [7, 11) is 0. The molecule has 55 heavy (non-hydrogen) atoms. The number of hydrogen-bond acceptors (Lipinski definition) is 15. The van der Waals surface area contributed by atoms with Gasteiger partial charge >= 0.3 is 0 Å². The van der Waals surface area contributed by atoms with Crippen molar-refractivity contribution in [3.8, 4) is 46.0 Å². The van der Waals surface area contributed by atoms with Crippen molar-refractivity contribution < 1.29 is 71.8 Å². The summed E-state index contributed by atoms with van der Waals surface area (Å²) >= 11 is 0. The summed E-state index contributed by atoms with van der Waals surface area (Å²) in [5.41, 5.74) is 0.110. The van der Waals surface area contributed by atoms with Crippen molar-refractivity contribution in [1.82, 2.24) is 0 Å². The zero-order valence-electron chi connectivity index (χ0n) is 29.0. The van der Waals surface area contributed by atoms with Crippen LogP contribution in [0, 0.1) is 11.8 Å². The van der Waals surface area contributed by atoms with Gasteiger partial charge in [0.25, 0.3) is 0 Å². The number of rotatable bonds is 6. The maximum absolute atomic E-state index is 12.0. The molecule has 4 fully saturated rings. The Morgan fingerprint density at radius 2 is 0.764 bits per heavy atom. The van der Waals surface area contributed by atoms with Crippen molar-refractivity contribution in [1.29, 1.82) is 0 Å². The summed E-state index contributed by atoms with van der Waals surface area (Å²) in [5, 5.41) is 24.1. The average Bonchev–Trinajstić information content (AvgIpc) is 4.05. The van der Waals surface area contributed by atoms with Crippen LogP contribution in [0.25, 0.3) is 0 Å². The minimum atomic E-state index is -1.37. The second-order valence-electron chi connectivity index (χ2n) is 14.8. The van der Waals surface area contributed by atoms with E-state index in [1.165, 1.54) is 0 Å². The van der Waals surface area contributed by atoms with Gasteiger partial charge in [-0.05, 0) is 70.8 Å². The van der Waals surface area contributed by atoms with Gasteiger partial charge in [-0.2, -0.15) is 0 Å². The molecule has 15 nitrogen and oxygen atoms in total. The number of ether oxygens (including phenoxy) is 13. The average molecular weight is 755 g/mol. The van der Waals surface area contributed by atoms with Crippen LogP contribution in [0.5, 0.6) is 46.0 Å². The van der Waals surface area contributed by atoms with Crippen LogP contribution in [-0.2, 0) is 23.7 Å². The second-order valence-corrected chi connectivity index (χ2v) is 14.8. The van der Waals surface area contributed by atoms with Crippen molar-refractivity contribution >= 4 is 0 Å². The number of aliphatic hydroxyl groups is 2. The predicted molar refractivity (Wildman–Crippen MR) is 181 cm³/mol. The fourth-order valence-electron chi connectivity index (χ4n) is 9.63. The maximum Gasteiger partial charge on any atom is 0.231 e. The fourth-order valence-corrected chi connectivity index (χ4v) is 9.63. The summed E-state index contributed by atoms with van der Waals surface area (Å²) in [6.45, 7) is 0.387. The molecule has 4 aromatic carbocycles. The molecule has 0 saturated carbocycles. The summed E-state index contributed by atoms with van der Waals surface area (Å²) < 4.78 is 79.6. The molecule has 12 rings (SSSR count). The van der Waals surface area contributed by atoms with Gasteiger partial charge in [-0.15, -0.1) is 0 Å². The molecule has 10 atom stereocenters. The molecule has 0 aromatic heterocycles. The highest BCUT2D eigenvalue weighted by Gasteiger charge is 2.73. The first-order valence-corrected chi connectivity index (χ1v) is 18.2. The first kappa shape index (κ1) is 32.3. The maximum atomic E-state index is 12.0. The smallest absolute Gasteiger partial charge is 0.231 e. The standard InChI is InChI=1S/C40H34O15/c41-37-31-33(19-1-5-23-27(9-19)49-15-45-23)43-13-39(31,35(53-37)21-3-7-25-29(11-21)51-17-47-25)55-40-14-44-34(20-2-6-24-28(10-20)50-16-46-24)32(40)38(42)54-36(40)22-4-8-26-30(12-22)52-18-48-26/h1-12,31-38,41-42H,13-18H2/t31-,32+,33+,34-,35-,36-,37-,38-,39+,40+/m0/s1. The molecule has 0 amide bonds. The van der Waals surface area contributed by atoms with Gasteiger partial charge in [-0.1, -0.05) is 24.3 Å². The molecule has 0 unspecified atom stereocenters. The van der Waals surface area contributed by atoms with Crippen LogP contribution in [0.1, 0.15) is 46.7 Å². The van der Waals surface area contributed by atoms with E-state index in [0.717, 1.165) is 11.1 Å². The molecule has 8 heterocycles. The fraction of sp³-hybridized carbons (Fsp3) is 0.400. The van der Waals surface area contributed by atoms with E-state index in [1.807, 2.05) is 72.8 Å². The Kier molecular flexibility index (Phi) is 6.90. The number of benzene rings is 4. The van der Waals surface area contributed by atoms with E-state index >= 15 is 0 Å². The number of aliphatic hydroxyl groups excluding tert-OH is 2. The lowest BCUT2D eigenvalue weighted by atomic mass is 9.75. The molecule has 4 saturated heterocycles. The Hall–Kier alpha value is -5.00. The van der Waals surface area contributed by atoms with E-state index in [2.05, 4.69) is 0 Å². The highest BCUT2D eigenvalue weighted by Crippen LogP contribution is 2.65. The van der Waals surface area contributed by atoms with Gasteiger partial charge in [0, 0.05) is 0 Å². The molecular weight excluding hydrogens is 720 g/mol. The van der Waals surface area contributed by atoms with Crippen LogP contribution in [0.3, 0.4) is 0 Å². The highest BCUT2D eigenvalue weighted by molar-refractivity contribution is 5.50. The molecule has 2 N–H and O–H groups in total. The lowest BCUT2D eigenvalue weighted by Crippen LogP contribution is -2.55. The summed E-state index contributed by atoms with van der Waals surface area (Å²) in [6, 6.07) is 22.2. The topological polar surface area (TPSA) is 160 Å². The van der Waals surface area contributed by atoms with Crippen LogP contribution in [-0.4, -0.2) is 74.4 Å². The minimum Gasteiger partial charge on any atom is -0.454 e. The third-order valence-electron chi connectivity index (χ3n) is 12.0. The summed E-state index contributed by atoms with van der Waals surface area (Å²) in [4.78, 5) is 0. The Labute approximate surface area is 312 Å². The van der Waals surface area contributed by atoms with Crippen molar-refractivity contribution in [3.63, 3.8) is 0 Å². The lowest BCUT2D eigenvalue weighted by molar-refractivity contribution is -0.218. The lowest BCUT2D eigenvalue weighted by Gasteiger charge is -2.43. The van der Waals surface area contributed by atoms with Crippen LogP contribution < -0.4 is 37.9 Å². The molecule has 15 heteroatoms. The number of hydrogen-bond donors (Lipinski definition) is 2. The van der Waals surface area contributed by atoms with E-state index in [4.69, 9.17) is 61.6 Å². The van der Waals surface area contributed by atoms with Crippen molar-refractivity contribution in [2.45, 2.75) is 48.2 Å². The summed E-state index contributed by atoms with van der Waals surface area (Å²) in [6.07, 6.45) is -5.83. The Bertz CT molecular complexity index is 2060. The predicted octanol–water partition coefficient (Wildman–Crippen LogP) is 4.35. The monoisotopic (exact) mass is 754 g/mol. The van der Waals surface area contributed by atoms with Gasteiger partial charge in [-0.3, -0.25) is 0 Å². The third kappa shape index (κ3) is 4.62. The van der Waals surface area contributed by atoms with E-state index < -0.39 is 60.0 Å². The van der Waals surface area contributed by atoms with E-state index in [-0.39, 0.29) is 40.4 Å². The van der Waals surface area contributed by atoms with Gasteiger partial charge in [0.2, 0.25) is 27.2 Å². The van der Waals surface area contributed by atoms with Crippen LogP contribution >= 0.6 is 0 Å². The van der Waals surface area contributed by atoms with Crippen LogP contribution in [0.4, 0.5) is 0 Å². The molecule has 0 bridgehead atoms. The van der Waals surface area contributed by atoms with Crippen LogP contribution in [0.15, 0.2) is 72.8 Å². The van der Waals surface area contributed by atoms with E-state index in [9.17, 15) is 10.2 Å². The molecule has 8 aliphatic rings. The normalized spacial score (nSPS) is 35.4. The first-order valence-electron chi connectivity index (χ1n) is 18.2. The molecular formula is C40H34O15. The molecule has 0 radical (unpaired) electrons. The van der Waals surface area contributed by atoms with Gasteiger partial charge in [0.1, 0.15) is 23.4 Å². The minimum absolute atomic E-state index is 0.0000582. The van der Waals surface area contributed by atoms with E-state index in [0.29, 0.717) is 57.1 Å². The Morgan fingerprint density at radius 1 is 0.436 bits per heavy atom. The Morgan fingerprint density at radius 3 is 1.15 bits per heavy atom. The molecule has 284 valence electrons. The summed E-state index contributed by atoms with van der Waals surface area (Å²) in [5.74, 6) is 3.11. The van der Waals surface area contributed by atoms with Gasteiger partial charge in [-0.25, -0.2) is 0 Å². The van der Waals surface area contributed by atoms with Crippen molar-refractivity contribution in [2.75, 3.05) is 40.4 Å².